The molecule has 5 aromatic rings. The Morgan fingerprint density at radius 2 is 1.52 bits per heavy atom. The first-order valence-electron chi connectivity index (χ1n) is 23.7. The maximum atomic E-state index is 13.0. The first-order chi connectivity index (χ1) is 31.7. The number of fused-ring (bicyclic) bond motifs is 2. The van der Waals surface area contributed by atoms with Crippen molar-refractivity contribution >= 4 is 39.8 Å². The number of aliphatic hydroxyl groups is 1. The number of aromatic nitrogens is 6. The van der Waals surface area contributed by atoms with E-state index in [1.165, 1.54) is 10.1 Å². The van der Waals surface area contributed by atoms with E-state index in [0.29, 0.717) is 57.5 Å². The summed E-state index contributed by atoms with van der Waals surface area (Å²) in [6, 6.07) is 14.2. The van der Waals surface area contributed by atoms with Gasteiger partial charge < -0.3 is 24.6 Å². The molecule has 3 aliphatic rings. The molecule has 2 aliphatic heterocycles. The zero-order chi connectivity index (χ0) is 45.1. The first-order valence-corrected chi connectivity index (χ1v) is 23.7. The lowest BCUT2D eigenvalue weighted by atomic mass is 9.93. The molecule has 1 atom stereocenters. The number of benzene rings is 2. The average Bonchev–Trinajstić information content (AvgIpc) is 3.81. The van der Waals surface area contributed by atoms with Gasteiger partial charge in [-0.25, -0.2) is 14.5 Å². The molecular weight excluding hydrogens is 829 g/mol. The average molecular weight is 895 g/mol. The summed E-state index contributed by atoms with van der Waals surface area (Å²) >= 11 is 0. The molecule has 3 N–H and O–H groups in total. The van der Waals surface area contributed by atoms with Gasteiger partial charge in [0.25, 0.3) is 0 Å². The zero-order valence-corrected chi connectivity index (χ0v) is 38.1. The highest BCUT2D eigenvalue weighted by Crippen LogP contribution is 2.35. The fraction of sp³-hybridized carbons (Fsp3) is 0.583. The Bertz CT molecular complexity index is 2410. The quantitative estimate of drug-likeness (QED) is 0.0648. The number of aryl methyl sites for hydroxylation is 2. The fourth-order valence-electron chi connectivity index (χ4n) is 9.26. The normalized spacial score (nSPS) is 20.0. The second-order valence-corrected chi connectivity index (χ2v) is 17.7. The van der Waals surface area contributed by atoms with Crippen LogP contribution >= 0.6 is 0 Å². The lowest BCUT2D eigenvalue weighted by Gasteiger charge is -2.34. The van der Waals surface area contributed by atoms with Crippen molar-refractivity contribution in [1.82, 2.24) is 44.0 Å². The lowest BCUT2D eigenvalue weighted by Crippen LogP contribution is -2.46. The zero-order valence-electron chi connectivity index (χ0n) is 38.1. The second kappa shape index (κ2) is 22.4. The van der Waals surface area contributed by atoms with Gasteiger partial charge in [-0.2, -0.15) is 10.1 Å². The Hall–Kier alpha value is -5.04. The third kappa shape index (κ3) is 11.7. The molecule has 0 radical (unpaired) electrons. The highest BCUT2D eigenvalue weighted by Gasteiger charge is 2.31. The molecule has 2 aromatic carbocycles. The lowest BCUT2D eigenvalue weighted by molar-refractivity contribution is -0.135. The number of rotatable bonds is 22. The van der Waals surface area contributed by atoms with E-state index in [0.717, 1.165) is 131 Å². The predicted molar refractivity (Wildman–Crippen MR) is 249 cm³/mol. The third-order valence-electron chi connectivity index (χ3n) is 13.1. The van der Waals surface area contributed by atoms with Crippen LogP contribution in [0.3, 0.4) is 0 Å². The highest BCUT2D eigenvalue weighted by atomic mass is 16.5. The molecule has 0 spiro atoms. The summed E-state index contributed by atoms with van der Waals surface area (Å²) in [5.74, 6) is -0.0937. The van der Waals surface area contributed by atoms with Crippen LogP contribution < -0.4 is 16.3 Å². The van der Waals surface area contributed by atoms with Crippen LogP contribution in [0.5, 0.6) is 0 Å². The number of piperidine rings is 1. The molecule has 0 unspecified atom stereocenters. The molecule has 3 fully saturated rings. The van der Waals surface area contributed by atoms with Crippen molar-refractivity contribution in [3.05, 3.63) is 70.3 Å². The van der Waals surface area contributed by atoms with Gasteiger partial charge in [0.05, 0.1) is 61.6 Å². The predicted octanol–water partition coefficient (Wildman–Crippen LogP) is 4.61. The van der Waals surface area contributed by atoms with Crippen LogP contribution in [0.4, 0.5) is 5.95 Å². The van der Waals surface area contributed by atoms with Crippen LogP contribution in [0, 0.1) is 0 Å². The van der Waals surface area contributed by atoms with E-state index in [4.69, 9.17) is 24.3 Å². The monoisotopic (exact) mass is 895 g/mol. The van der Waals surface area contributed by atoms with Gasteiger partial charge in [-0.05, 0) is 74.6 Å². The molecule has 350 valence electrons. The smallest absolute Gasteiger partial charge is 0.329 e. The van der Waals surface area contributed by atoms with Gasteiger partial charge in [0.2, 0.25) is 17.8 Å². The molecule has 17 nitrogen and oxygen atoms in total. The van der Waals surface area contributed by atoms with Crippen molar-refractivity contribution < 1.29 is 28.9 Å². The van der Waals surface area contributed by atoms with Crippen molar-refractivity contribution in [1.29, 1.82) is 0 Å². The molecule has 8 rings (SSSR count). The number of carbonyl (C=O) groups excluding carboxylic acids is 2. The maximum Gasteiger partial charge on any atom is 0.329 e. The van der Waals surface area contributed by atoms with Crippen LogP contribution in [0.1, 0.15) is 87.9 Å². The van der Waals surface area contributed by atoms with Gasteiger partial charge in [-0.15, -0.1) is 0 Å². The van der Waals surface area contributed by atoms with Gasteiger partial charge >= 0.3 is 5.69 Å². The number of unbranched alkanes of at least 4 members (excludes halogenated alkanes) is 1. The Morgan fingerprint density at radius 1 is 0.815 bits per heavy atom. The van der Waals surface area contributed by atoms with Crippen molar-refractivity contribution in [2.75, 3.05) is 84.2 Å². The molecular formula is C48H66N10O7. The van der Waals surface area contributed by atoms with E-state index in [1.54, 1.807) is 11.6 Å². The third-order valence-corrected chi connectivity index (χ3v) is 13.1. The first kappa shape index (κ1) is 46.5. The summed E-state index contributed by atoms with van der Waals surface area (Å²) in [6.45, 7) is 12.3. The number of amides is 2. The number of nitrogens with zero attached hydrogens (tertiary/aromatic N) is 8. The number of hydrogen-bond acceptors (Lipinski definition) is 13. The summed E-state index contributed by atoms with van der Waals surface area (Å²) in [5.41, 5.74) is 6.38. The standard InChI is InChI=1S/C48H66N10O7/c1-3-4-19-49-47-50-32-39-44(53-58(45(39)52-47)37-12-14-38(59)15-13-37)36-10-7-35(8-11-36)33-56-22-20-55(21-23-56)24-26-64-28-30-65-29-27-63-25-5-6-34-9-16-40-42(31-34)54(2)48(62)57(40)41-17-18-43(60)51-46(41)61/h7-11,16,31-32,37-38,41,59H,3-6,12-15,17-30,33H2,1-2H3,(H,49,50,52)(H,51,60,61)/t37?,38?,41-/m0/s1. The molecule has 1 saturated carbocycles. The van der Waals surface area contributed by atoms with Gasteiger partial charge in [0.1, 0.15) is 11.7 Å². The minimum atomic E-state index is -0.687. The van der Waals surface area contributed by atoms with Crippen molar-refractivity contribution in [3.8, 4) is 11.3 Å². The van der Waals surface area contributed by atoms with E-state index in [2.05, 4.69) is 61.3 Å². The summed E-state index contributed by atoms with van der Waals surface area (Å²) in [7, 11) is 1.71. The Labute approximate surface area is 380 Å². The summed E-state index contributed by atoms with van der Waals surface area (Å²) in [6.07, 6.45) is 9.35. The molecule has 2 saturated heterocycles. The number of aliphatic hydroxyl groups excluding tert-OH is 1. The molecule has 2 amide bonds. The summed E-state index contributed by atoms with van der Waals surface area (Å²) in [5, 5.41) is 22.0. The Balaban J connectivity index is 0.687. The minimum absolute atomic E-state index is 0.210. The topological polar surface area (TPSA) is 183 Å². The van der Waals surface area contributed by atoms with E-state index in [9.17, 15) is 19.5 Å². The Kier molecular flexibility index (Phi) is 16.0. The minimum Gasteiger partial charge on any atom is -0.393 e. The van der Waals surface area contributed by atoms with Crippen molar-refractivity contribution in [2.45, 2.75) is 95.9 Å². The SMILES string of the molecule is CCCCNc1ncc2c(-c3ccc(CN4CCN(CCOCCOCCOCCCc5ccc6c(c5)n(C)c(=O)n6[C@H]5CCC(=O)NC5=O)CC4)cc3)nn(C3CCC(O)CC3)c2n1. The van der Waals surface area contributed by atoms with Gasteiger partial charge in [-0.3, -0.25) is 33.8 Å². The summed E-state index contributed by atoms with van der Waals surface area (Å²) in [4.78, 5) is 51.7. The number of imidazole rings is 1. The largest absolute Gasteiger partial charge is 0.393 e. The van der Waals surface area contributed by atoms with Crippen LogP contribution in [0.2, 0.25) is 0 Å². The number of anilines is 1. The van der Waals surface area contributed by atoms with Crippen LogP contribution in [-0.4, -0.2) is 141 Å². The molecule has 17 heteroatoms. The maximum absolute atomic E-state index is 13.0. The van der Waals surface area contributed by atoms with Crippen LogP contribution in [0.15, 0.2) is 53.5 Å². The second-order valence-electron chi connectivity index (χ2n) is 17.7. The number of hydrogen-bond donors (Lipinski definition) is 3. The molecule has 0 bridgehead atoms. The molecule has 3 aromatic heterocycles. The molecule has 5 heterocycles. The number of carbonyl (C=O) groups is 2. The Morgan fingerprint density at radius 3 is 2.26 bits per heavy atom. The van der Waals surface area contributed by atoms with Gasteiger partial charge in [-0.1, -0.05) is 43.7 Å². The molecule has 65 heavy (non-hydrogen) atoms. The van der Waals surface area contributed by atoms with Crippen LogP contribution in [-0.2, 0) is 43.8 Å². The van der Waals surface area contributed by atoms with E-state index in [-0.39, 0.29) is 30.2 Å². The number of imide groups is 1. The fourth-order valence-corrected chi connectivity index (χ4v) is 9.26. The van der Waals surface area contributed by atoms with Gasteiger partial charge in [0.15, 0.2) is 5.65 Å². The van der Waals surface area contributed by atoms with Crippen molar-refractivity contribution in [3.63, 3.8) is 0 Å². The van der Waals surface area contributed by atoms with Crippen molar-refractivity contribution in [2.24, 2.45) is 7.05 Å². The summed E-state index contributed by atoms with van der Waals surface area (Å²) < 4.78 is 22.6. The number of ether oxygens (including phenoxy) is 3. The van der Waals surface area contributed by atoms with E-state index < -0.39 is 11.9 Å². The van der Waals surface area contributed by atoms with E-state index in [1.807, 2.05) is 24.4 Å². The highest BCUT2D eigenvalue weighted by molar-refractivity contribution is 6.00. The van der Waals surface area contributed by atoms with Gasteiger partial charge in [0, 0.05) is 77.6 Å². The molecule has 1 aliphatic carbocycles. The number of nitrogens with one attached hydrogen (secondary N) is 2. The van der Waals surface area contributed by atoms with E-state index >= 15 is 0 Å². The van der Waals surface area contributed by atoms with Crippen LogP contribution in [0.25, 0.3) is 33.3 Å². The number of piperazine rings is 1.